The lowest BCUT2D eigenvalue weighted by Gasteiger charge is -2.06. The molecule has 2 aromatic rings. The predicted octanol–water partition coefficient (Wildman–Crippen LogP) is 2.58. The molecule has 0 fully saturated rings. The first-order valence-electron chi connectivity index (χ1n) is 5.11. The summed E-state index contributed by atoms with van der Waals surface area (Å²) < 4.78 is 18.8. The number of hydrogen-bond donors (Lipinski definition) is 1. The van der Waals surface area contributed by atoms with Crippen LogP contribution >= 0.6 is 11.3 Å². The molecule has 0 atom stereocenters. The van der Waals surface area contributed by atoms with E-state index in [0.717, 1.165) is 0 Å². The van der Waals surface area contributed by atoms with E-state index in [1.165, 1.54) is 24.5 Å². The Hall–Kier alpha value is -1.95. The Morgan fingerprint density at radius 2 is 2.33 bits per heavy atom. The second kappa shape index (κ2) is 5.14. The molecule has 4 nitrogen and oxygen atoms in total. The van der Waals surface area contributed by atoms with Gasteiger partial charge in [0, 0.05) is 5.38 Å². The van der Waals surface area contributed by atoms with Crippen LogP contribution in [0, 0.1) is 5.82 Å². The fourth-order valence-electron chi connectivity index (χ4n) is 1.56. The molecule has 1 aromatic carbocycles. The van der Waals surface area contributed by atoms with Crippen molar-refractivity contribution in [2.45, 2.75) is 6.42 Å². The minimum absolute atomic E-state index is 0.165. The number of hydrogen-bond acceptors (Lipinski definition) is 4. The van der Waals surface area contributed by atoms with Gasteiger partial charge in [0.2, 0.25) is 0 Å². The van der Waals surface area contributed by atoms with Crippen molar-refractivity contribution in [2.75, 3.05) is 7.11 Å². The lowest BCUT2D eigenvalue weighted by Crippen LogP contribution is -1.99. The number of carbonyl (C=O) groups is 1. The number of nitrogens with zero attached hydrogens (tertiary/aromatic N) is 1. The fourth-order valence-corrected chi connectivity index (χ4v) is 2.34. The first-order valence-corrected chi connectivity index (χ1v) is 5.99. The minimum atomic E-state index is -0.962. The number of ether oxygens (including phenoxy) is 1. The number of carboxylic acids is 1. The molecule has 0 aliphatic carbocycles. The average molecular weight is 267 g/mol. The Kier molecular flexibility index (Phi) is 3.57. The van der Waals surface area contributed by atoms with Crippen LogP contribution in [0.5, 0.6) is 5.75 Å². The van der Waals surface area contributed by atoms with Crippen molar-refractivity contribution in [3.8, 4) is 17.0 Å². The lowest BCUT2D eigenvalue weighted by atomic mass is 10.1. The maximum atomic E-state index is 13.8. The zero-order valence-corrected chi connectivity index (χ0v) is 10.3. The Morgan fingerprint density at radius 3 is 3.00 bits per heavy atom. The van der Waals surface area contributed by atoms with E-state index < -0.39 is 11.8 Å². The number of halogens is 1. The van der Waals surface area contributed by atoms with Crippen LogP contribution in [-0.2, 0) is 11.2 Å². The molecule has 2 rings (SSSR count). The van der Waals surface area contributed by atoms with E-state index in [4.69, 9.17) is 9.84 Å². The third kappa shape index (κ3) is 2.48. The molecule has 0 spiro atoms. The number of benzene rings is 1. The van der Waals surface area contributed by atoms with Gasteiger partial charge >= 0.3 is 5.97 Å². The second-order valence-electron chi connectivity index (χ2n) is 3.51. The Labute approximate surface area is 107 Å². The molecule has 1 N–H and O–H groups in total. The SMILES string of the molecule is COc1cccc(F)c1-c1csc(CC(=O)O)n1. The van der Waals surface area contributed by atoms with Gasteiger partial charge in [0.1, 0.15) is 16.6 Å². The van der Waals surface area contributed by atoms with Crippen molar-refractivity contribution >= 4 is 17.3 Å². The summed E-state index contributed by atoms with van der Waals surface area (Å²) >= 11 is 1.19. The maximum absolute atomic E-state index is 13.8. The van der Waals surface area contributed by atoms with E-state index in [0.29, 0.717) is 16.5 Å². The van der Waals surface area contributed by atoms with Gasteiger partial charge in [-0.15, -0.1) is 11.3 Å². The van der Waals surface area contributed by atoms with Crippen LogP contribution < -0.4 is 4.74 Å². The maximum Gasteiger partial charge on any atom is 0.310 e. The first-order chi connectivity index (χ1) is 8.61. The van der Waals surface area contributed by atoms with E-state index in [1.807, 2.05) is 0 Å². The first kappa shape index (κ1) is 12.5. The van der Waals surface area contributed by atoms with Gasteiger partial charge in [-0.2, -0.15) is 0 Å². The molecule has 0 aliphatic heterocycles. The van der Waals surface area contributed by atoms with Gasteiger partial charge in [-0.3, -0.25) is 4.79 Å². The van der Waals surface area contributed by atoms with E-state index in [2.05, 4.69) is 4.98 Å². The molecule has 18 heavy (non-hydrogen) atoms. The summed E-state index contributed by atoms with van der Waals surface area (Å²) in [6.07, 6.45) is -0.165. The van der Waals surface area contributed by atoms with E-state index >= 15 is 0 Å². The number of carboxylic acid groups (broad SMARTS) is 1. The molecule has 0 aliphatic rings. The van der Waals surface area contributed by atoms with Crippen LogP contribution in [0.15, 0.2) is 23.6 Å². The van der Waals surface area contributed by atoms with Crippen LogP contribution in [-0.4, -0.2) is 23.2 Å². The highest BCUT2D eigenvalue weighted by Gasteiger charge is 2.15. The van der Waals surface area contributed by atoms with Crippen LogP contribution in [0.1, 0.15) is 5.01 Å². The van der Waals surface area contributed by atoms with Gasteiger partial charge in [-0.1, -0.05) is 6.07 Å². The number of aromatic nitrogens is 1. The van der Waals surface area contributed by atoms with Gasteiger partial charge in [0.25, 0.3) is 0 Å². The second-order valence-corrected chi connectivity index (χ2v) is 4.46. The molecule has 0 radical (unpaired) electrons. The molecular weight excluding hydrogens is 257 g/mol. The molecule has 0 bridgehead atoms. The number of methoxy groups -OCH3 is 1. The highest BCUT2D eigenvalue weighted by Crippen LogP contribution is 2.33. The van der Waals surface area contributed by atoms with Crippen molar-refractivity contribution < 1.29 is 19.0 Å². The predicted molar refractivity (Wildman–Crippen MR) is 65.4 cm³/mol. The minimum Gasteiger partial charge on any atom is -0.496 e. The fraction of sp³-hybridized carbons (Fsp3) is 0.167. The monoisotopic (exact) mass is 267 g/mol. The number of aliphatic carboxylic acids is 1. The van der Waals surface area contributed by atoms with Crippen LogP contribution in [0.3, 0.4) is 0 Å². The van der Waals surface area contributed by atoms with Gasteiger partial charge < -0.3 is 9.84 Å². The Morgan fingerprint density at radius 1 is 1.56 bits per heavy atom. The van der Waals surface area contributed by atoms with Crippen molar-refractivity contribution in [3.05, 3.63) is 34.4 Å². The summed E-state index contributed by atoms with van der Waals surface area (Å²) in [4.78, 5) is 14.7. The molecule has 6 heteroatoms. The van der Waals surface area contributed by atoms with Crippen molar-refractivity contribution in [3.63, 3.8) is 0 Å². The lowest BCUT2D eigenvalue weighted by molar-refractivity contribution is -0.136. The summed E-state index contributed by atoms with van der Waals surface area (Å²) in [5, 5.41) is 10.7. The van der Waals surface area contributed by atoms with Crippen LogP contribution in [0.25, 0.3) is 11.3 Å². The quantitative estimate of drug-likeness (QED) is 0.925. The van der Waals surface area contributed by atoms with E-state index in [-0.39, 0.29) is 12.0 Å². The van der Waals surface area contributed by atoms with E-state index in [9.17, 15) is 9.18 Å². The molecule has 0 unspecified atom stereocenters. The standard InChI is InChI=1S/C12H10FNO3S/c1-17-9-4-2-3-7(13)12(9)8-6-18-10(14-8)5-11(15)16/h2-4,6H,5H2,1H3,(H,15,16). The third-order valence-corrected chi connectivity index (χ3v) is 3.15. The number of thiazole rings is 1. The van der Waals surface area contributed by atoms with Crippen LogP contribution in [0.4, 0.5) is 4.39 Å². The van der Waals surface area contributed by atoms with Crippen LogP contribution in [0.2, 0.25) is 0 Å². The normalized spacial score (nSPS) is 10.3. The Balaban J connectivity index is 2.42. The molecular formula is C12H10FNO3S. The zero-order chi connectivity index (χ0) is 13.1. The summed E-state index contributed by atoms with van der Waals surface area (Å²) in [5.74, 6) is -1.03. The molecule has 1 heterocycles. The zero-order valence-electron chi connectivity index (χ0n) is 9.51. The van der Waals surface area contributed by atoms with Gasteiger partial charge in [0.05, 0.1) is 24.8 Å². The summed E-state index contributed by atoms with van der Waals surface area (Å²) in [6, 6.07) is 4.49. The van der Waals surface area contributed by atoms with Gasteiger partial charge in [0.15, 0.2) is 0 Å². The third-order valence-electron chi connectivity index (χ3n) is 2.31. The van der Waals surface area contributed by atoms with Crippen molar-refractivity contribution in [1.29, 1.82) is 0 Å². The summed E-state index contributed by atoms with van der Waals surface area (Å²) in [6.45, 7) is 0. The molecule has 0 saturated heterocycles. The average Bonchev–Trinajstić information content (AvgIpc) is 2.75. The Bertz CT molecular complexity index is 582. The van der Waals surface area contributed by atoms with Crippen molar-refractivity contribution in [1.82, 2.24) is 4.98 Å². The van der Waals surface area contributed by atoms with E-state index in [1.54, 1.807) is 17.5 Å². The molecule has 94 valence electrons. The molecule has 0 saturated carbocycles. The molecule has 1 aromatic heterocycles. The highest BCUT2D eigenvalue weighted by atomic mass is 32.1. The number of rotatable bonds is 4. The largest absolute Gasteiger partial charge is 0.496 e. The molecule has 0 amide bonds. The van der Waals surface area contributed by atoms with Crippen molar-refractivity contribution in [2.24, 2.45) is 0 Å². The highest BCUT2D eigenvalue weighted by molar-refractivity contribution is 7.10. The van der Waals surface area contributed by atoms with Gasteiger partial charge in [-0.25, -0.2) is 9.37 Å². The summed E-state index contributed by atoms with van der Waals surface area (Å²) in [5.41, 5.74) is 0.652. The van der Waals surface area contributed by atoms with Gasteiger partial charge in [-0.05, 0) is 12.1 Å². The summed E-state index contributed by atoms with van der Waals surface area (Å²) in [7, 11) is 1.45. The topological polar surface area (TPSA) is 59.4 Å². The smallest absolute Gasteiger partial charge is 0.310 e.